The molecule has 0 fully saturated rings. The minimum atomic E-state index is -0.185. The Morgan fingerprint density at radius 3 is 2.73 bits per heavy atom. The van der Waals surface area contributed by atoms with Crippen LogP contribution in [0.2, 0.25) is 5.02 Å². The summed E-state index contributed by atoms with van der Waals surface area (Å²) in [6.07, 6.45) is 0. The fourth-order valence-corrected chi connectivity index (χ4v) is 4.68. The molecule has 3 N–H and O–H groups in total. The van der Waals surface area contributed by atoms with E-state index in [1.165, 1.54) is 11.8 Å². The Labute approximate surface area is 162 Å². The maximum absolute atomic E-state index is 9.04. The molecule has 0 spiro atoms. The number of amidine groups is 2. The van der Waals surface area contributed by atoms with Crippen LogP contribution in [0.1, 0.15) is 19.4 Å². The van der Waals surface area contributed by atoms with E-state index in [-0.39, 0.29) is 36.0 Å². The van der Waals surface area contributed by atoms with E-state index in [9.17, 15) is 0 Å². The number of hydrogen-bond donors (Lipinski definition) is 3. The number of benzene rings is 1. The van der Waals surface area contributed by atoms with Crippen LogP contribution in [0.5, 0.6) is 0 Å². The summed E-state index contributed by atoms with van der Waals surface area (Å²) in [6, 6.07) is 7.50. The van der Waals surface area contributed by atoms with Crippen LogP contribution in [0.3, 0.4) is 0 Å². The van der Waals surface area contributed by atoms with Gasteiger partial charge in [-0.15, -0.1) is 0 Å². The molecule has 1 aromatic carbocycles. The average molecular weight is 387 g/mol. The molecule has 26 heavy (non-hydrogen) atoms. The number of hydrogen-bond acceptors (Lipinski definition) is 5. The van der Waals surface area contributed by atoms with Gasteiger partial charge in [-0.05, 0) is 19.1 Å². The molecule has 0 amide bonds. The molecule has 7 heteroatoms. The van der Waals surface area contributed by atoms with Crippen LogP contribution >= 0.6 is 23.4 Å². The number of aliphatic imine (C=N–C) groups is 1. The molecule has 0 aliphatic carbocycles. The van der Waals surface area contributed by atoms with E-state index in [4.69, 9.17) is 27.5 Å². The Balaban J connectivity index is 2.14. The summed E-state index contributed by atoms with van der Waals surface area (Å²) in [5.41, 5.74) is 2.74. The van der Waals surface area contributed by atoms with E-state index in [0.29, 0.717) is 5.02 Å². The second-order valence-electron chi connectivity index (χ2n) is 6.06. The highest BCUT2D eigenvalue weighted by Crippen LogP contribution is 2.46. The number of thioether (sulfide) groups is 1. The van der Waals surface area contributed by atoms with Gasteiger partial charge in [0.05, 0.1) is 22.5 Å². The van der Waals surface area contributed by atoms with Crippen molar-refractivity contribution in [3.05, 3.63) is 45.5 Å². The largest absolute Gasteiger partial charge is 0.384 e. The Morgan fingerprint density at radius 2 is 2.12 bits per heavy atom. The molecule has 0 bridgehead atoms. The standard InChI is InChI=1S/C19H19ClN4OS/c1-11-15(4-3-9-25)26-19-17(11)18(13-5-7-14(20)8-6-13)23-10-16(22)24(19)12(2)21/h5-8,11,15,21-22,25H,9-10H2,1-2H3. The van der Waals surface area contributed by atoms with Crippen LogP contribution < -0.4 is 0 Å². The molecule has 3 rings (SSSR count). The van der Waals surface area contributed by atoms with Gasteiger partial charge < -0.3 is 5.11 Å². The Hall–Kier alpha value is -2.07. The van der Waals surface area contributed by atoms with Crippen molar-refractivity contribution in [1.29, 1.82) is 10.8 Å². The smallest absolute Gasteiger partial charge is 0.128 e. The quantitative estimate of drug-likeness (QED) is 0.393. The fourth-order valence-electron chi connectivity index (χ4n) is 3.06. The summed E-state index contributed by atoms with van der Waals surface area (Å²) in [5.74, 6) is 6.43. The third-order valence-corrected chi connectivity index (χ3v) is 5.93. The van der Waals surface area contributed by atoms with Gasteiger partial charge in [0, 0.05) is 22.1 Å². The van der Waals surface area contributed by atoms with Crippen molar-refractivity contribution in [2.75, 3.05) is 13.2 Å². The predicted molar refractivity (Wildman–Crippen MR) is 108 cm³/mol. The van der Waals surface area contributed by atoms with E-state index in [1.807, 2.05) is 24.3 Å². The van der Waals surface area contributed by atoms with Crippen molar-refractivity contribution in [3.63, 3.8) is 0 Å². The summed E-state index contributed by atoms with van der Waals surface area (Å²) in [5, 5.41) is 27.0. The fraction of sp³-hybridized carbons (Fsp3) is 0.316. The SMILES string of the molecule is CC(=N)N1C(=N)CN=C(c2ccc(Cl)cc2)C2=C1SC(C#CCO)C2C. The third kappa shape index (κ3) is 3.43. The average Bonchev–Trinajstić information content (AvgIpc) is 2.82. The van der Waals surface area contributed by atoms with Crippen LogP contribution in [0.15, 0.2) is 39.9 Å². The van der Waals surface area contributed by atoms with E-state index < -0.39 is 0 Å². The van der Waals surface area contributed by atoms with Crippen LogP contribution in [0, 0.1) is 28.6 Å². The molecule has 0 saturated carbocycles. The van der Waals surface area contributed by atoms with Crippen molar-refractivity contribution in [1.82, 2.24) is 4.90 Å². The molecule has 0 aromatic heterocycles. The Morgan fingerprint density at radius 1 is 1.42 bits per heavy atom. The molecule has 0 radical (unpaired) electrons. The molecular formula is C19H19ClN4OS. The first kappa shape index (κ1) is 18.7. The van der Waals surface area contributed by atoms with Gasteiger partial charge in [-0.1, -0.05) is 54.3 Å². The summed E-state index contributed by atoms with van der Waals surface area (Å²) in [4.78, 5) is 6.33. The number of aliphatic hydroxyl groups is 1. The van der Waals surface area contributed by atoms with Gasteiger partial charge in [-0.2, -0.15) is 0 Å². The topological polar surface area (TPSA) is 83.5 Å². The normalized spacial score (nSPS) is 22.4. The number of aliphatic hydroxyl groups excluding tert-OH is 1. The maximum atomic E-state index is 9.04. The highest BCUT2D eigenvalue weighted by molar-refractivity contribution is 8.04. The van der Waals surface area contributed by atoms with Crippen LogP contribution in [-0.4, -0.2) is 45.8 Å². The van der Waals surface area contributed by atoms with Gasteiger partial charge in [0.15, 0.2) is 0 Å². The zero-order valence-corrected chi connectivity index (χ0v) is 16.1. The highest BCUT2D eigenvalue weighted by atomic mass is 35.5. The van der Waals surface area contributed by atoms with Crippen LogP contribution in [-0.2, 0) is 0 Å². The highest BCUT2D eigenvalue weighted by Gasteiger charge is 2.40. The maximum Gasteiger partial charge on any atom is 0.128 e. The lowest BCUT2D eigenvalue weighted by atomic mass is 9.90. The number of halogens is 1. The van der Waals surface area contributed by atoms with Crippen LogP contribution in [0.4, 0.5) is 0 Å². The summed E-state index contributed by atoms with van der Waals surface area (Å²) in [7, 11) is 0. The molecule has 2 unspecified atom stereocenters. The number of nitrogens with one attached hydrogen (secondary N) is 2. The lowest BCUT2D eigenvalue weighted by Crippen LogP contribution is -2.33. The second kappa shape index (κ2) is 7.67. The summed E-state index contributed by atoms with van der Waals surface area (Å²) in [6.45, 7) is 3.77. The van der Waals surface area contributed by atoms with Crippen molar-refractivity contribution < 1.29 is 5.11 Å². The predicted octanol–water partition coefficient (Wildman–Crippen LogP) is 3.38. The van der Waals surface area contributed by atoms with Gasteiger partial charge in [0.25, 0.3) is 0 Å². The zero-order chi connectivity index (χ0) is 18.8. The van der Waals surface area contributed by atoms with Gasteiger partial charge >= 0.3 is 0 Å². The van der Waals surface area contributed by atoms with Gasteiger partial charge in [0.2, 0.25) is 0 Å². The minimum Gasteiger partial charge on any atom is -0.384 e. The number of allylic oxidation sites excluding steroid dienone is 1. The molecule has 2 heterocycles. The minimum absolute atomic E-state index is 0.0521. The summed E-state index contributed by atoms with van der Waals surface area (Å²) >= 11 is 7.55. The first-order valence-corrected chi connectivity index (χ1v) is 9.43. The third-order valence-electron chi connectivity index (χ3n) is 4.27. The lowest BCUT2D eigenvalue weighted by molar-refractivity contribution is 0.350. The monoisotopic (exact) mass is 386 g/mol. The van der Waals surface area contributed by atoms with E-state index >= 15 is 0 Å². The first-order valence-electron chi connectivity index (χ1n) is 8.17. The molecular weight excluding hydrogens is 368 g/mol. The molecule has 5 nitrogen and oxygen atoms in total. The van der Waals surface area contributed by atoms with Crippen LogP contribution in [0.25, 0.3) is 0 Å². The molecule has 2 aliphatic rings. The lowest BCUT2D eigenvalue weighted by Gasteiger charge is -2.23. The number of nitrogens with zero attached hydrogens (tertiary/aromatic N) is 2. The van der Waals surface area contributed by atoms with E-state index in [0.717, 1.165) is 21.9 Å². The zero-order valence-electron chi connectivity index (χ0n) is 14.5. The van der Waals surface area contributed by atoms with Crippen molar-refractivity contribution in [3.8, 4) is 11.8 Å². The molecule has 0 saturated heterocycles. The van der Waals surface area contributed by atoms with Crippen molar-refractivity contribution in [2.45, 2.75) is 19.1 Å². The van der Waals surface area contributed by atoms with E-state index in [1.54, 1.807) is 11.8 Å². The molecule has 2 atom stereocenters. The summed E-state index contributed by atoms with van der Waals surface area (Å²) < 4.78 is 0. The first-order chi connectivity index (χ1) is 12.4. The van der Waals surface area contributed by atoms with E-state index in [2.05, 4.69) is 23.8 Å². The van der Waals surface area contributed by atoms with Gasteiger partial charge in [0.1, 0.15) is 18.3 Å². The Kier molecular flexibility index (Phi) is 5.52. The Bertz CT molecular complexity index is 879. The molecule has 1 aromatic rings. The number of rotatable bonds is 1. The van der Waals surface area contributed by atoms with Gasteiger partial charge in [-0.3, -0.25) is 20.7 Å². The second-order valence-corrected chi connectivity index (χ2v) is 7.63. The van der Waals surface area contributed by atoms with Gasteiger partial charge in [-0.25, -0.2) is 0 Å². The molecule has 2 aliphatic heterocycles. The van der Waals surface area contributed by atoms with Crippen molar-refractivity contribution >= 4 is 40.7 Å². The van der Waals surface area contributed by atoms with Crippen molar-refractivity contribution in [2.24, 2.45) is 10.9 Å². The molecule has 134 valence electrons.